The van der Waals surface area contributed by atoms with Crippen LogP contribution in [0.5, 0.6) is 0 Å². The van der Waals surface area contributed by atoms with Crippen molar-refractivity contribution in [2.45, 2.75) is 52.9 Å². The average molecular weight is 545 g/mol. The third-order valence-corrected chi connectivity index (χ3v) is 6.45. The molecule has 0 saturated carbocycles. The van der Waals surface area contributed by atoms with E-state index in [2.05, 4.69) is 25.6 Å². The Morgan fingerprint density at radius 1 is 1.12 bits per heavy atom. The zero-order chi connectivity index (χ0) is 28.2. The number of tetrazole rings is 1. The van der Waals surface area contributed by atoms with E-state index < -0.39 is 17.9 Å². The highest BCUT2D eigenvalue weighted by atomic mass is 16.6. The van der Waals surface area contributed by atoms with Gasteiger partial charge in [-0.3, -0.25) is 0 Å². The number of aliphatic hydroxyl groups is 1. The molecule has 12 nitrogen and oxygen atoms in total. The number of nitrogens with one attached hydrogen (secondary N) is 1. The molecule has 12 heteroatoms. The average Bonchev–Trinajstić information content (AvgIpc) is 3.68. The van der Waals surface area contributed by atoms with Crippen LogP contribution >= 0.6 is 0 Å². The van der Waals surface area contributed by atoms with Crippen molar-refractivity contribution in [3.8, 4) is 22.5 Å². The van der Waals surface area contributed by atoms with Gasteiger partial charge in [0.15, 0.2) is 17.3 Å². The number of aromatic amines is 1. The van der Waals surface area contributed by atoms with E-state index in [1.54, 1.807) is 18.4 Å². The smallest absolute Gasteiger partial charge is 0.456 e. The van der Waals surface area contributed by atoms with Crippen molar-refractivity contribution in [3.63, 3.8) is 0 Å². The van der Waals surface area contributed by atoms with E-state index in [1.165, 1.54) is 0 Å². The lowest BCUT2D eigenvalue weighted by Gasteiger charge is -2.13. The number of H-pyrrole nitrogens is 1. The lowest BCUT2D eigenvalue weighted by Crippen LogP contribution is -2.14. The molecule has 0 amide bonds. The van der Waals surface area contributed by atoms with Crippen molar-refractivity contribution < 1.29 is 23.5 Å². The predicted octanol–water partition coefficient (Wildman–Crippen LogP) is 4.00. The second kappa shape index (κ2) is 11.5. The minimum atomic E-state index is -1.03. The van der Waals surface area contributed by atoms with Crippen molar-refractivity contribution in [2.75, 3.05) is 0 Å². The van der Waals surface area contributed by atoms with Gasteiger partial charge in [-0.25, -0.2) is 19.7 Å². The zero-order valence-electron chi connectivity index (χ0n) is 22.2. The van der Waals surface area contributed by atoms with Crippen LogP contribution in [0.15, 0.2) is 62.2 Å². The summed E-state index contributed by atoms with van der Waals surface area (Å²) in [6, 6.07) is 15.4. The Kier molecular flexibility index (Phi) is 7.69. The van der Waals surface area contributed by atoms with E-state index >= 15 is 0 Å². The van der Waals surface area contributed by atoms with Crippen LogP contribution in [0, 0.1) is 6.92 Å². The van der Waals surface area contributed by atoms with Gasteiger partial charge in [-0.05, 0) is 47.4 Å². The summed E-state index contributed by atoms with van der Waals surface area (Å²) in [7, 11) is 0. The first kappa shape index (κ1) is 26.8. The van der Waals surface area contributed by atoms with Crippen molar-refractivity contribution in [1.29, 1.82) is 0 Å². The van der Waals surface area contributed by atoms with Crippen LogP contribution in [0.4, 0.5) is 0 Å². The maximum atomic E-state index is 13.2. The van der Waals surface area contributed by atoms with Crippen molar-refractivity contribution >= 4 is 5.97 Å². The summed E-state index contributed by atoms with van der Waals surface area (Å²) in [5.74, 6) is 0.276. The summed E-state index contributed by atoms with van der Waals surface area (Å²) in [5.41, 5.74) is 3.84. The molecule has 0 radical (unpaired) electrons. The Morgan fingerprint density at radius 2 is 1.88 bits per heavy atom. The normalized spacial score (nSPS) is 12.0. The Hall–Kier alpha value is -4.84. The number of aliphatic hydroxyl groups excluding tert-OH is 1. The number of ether oxygens (including phenoxy) is 1. The number of aryl methyl sites for hydroxylation is 2. The van der Waals surface area contributed by atoms with Crippen LogP contribution in [-0.2, 0) is 24.3 Å². The summed E-state index contributed by atoms with van der Waals surface area (Å²) in [6.45, 7) is 5.23. The third-order valence-electron chi connectivity index (χ3n) is 6.45. The highest BCUT2D eigenvalue weighted by Gasteiger charge is 2.27. The summed E-state index contributed by atoms with van der Waals surface area (Å²) in [6.07, 6.45) is 0.265. The van der Waals surface area contributed by atoms with E-state index in [1.807, 2.05) is 55.5 Å². The summed E-state index contributed by atoms with van der Waals surface area (Å²) in [4.78, 5) is 29.2. The number of imidazole rings is 1. The maximum absolute atomic E-state index is 13.2. The first-order valence-corrected chi connectivity index (χ1v) is 12.8. The van der Waals surface area contributed by atoms with Gasteiger partial charge in [-0.2, -0.15) is 0 Å². The molecule has 5 rings (SSSR count). The molecular formula is C28H28N6O6. The summed E-state index contributed by atoms with van der Waals surface area (Å²) >= 11 is 0. The van der Waals surface area contributed by atoms with Gasteiger partial charge in [0.1, 0.15) is 18.2 Å². The topological polar surface area (TPSA) is 162 Å². The number of hydrogen-bond acceptors (Lipinski definition) is 10. The minimum absolute atomic E-state index is 0.0116. The lowest BCUT2D eigenvalue weighted by atomic mass is 9.98. The number of esters is 1. The number of benzene rings is 2. The Bertz CT molecular complexity index is 1660. The summed E-state index contributed by atoms with van der Waals surface area (Å²) < 4.78 is 17.4. The fourth-order valence-corrected chi connectivity index (χ4v) is 4.55. The Labute approximate surface area is 228 Å². The zero-order valence-corrected chi connectivity index (χ0v) is 22.2. The molecule has 0 fully saturated rings. The molecular weight excluding hydrogens is 516 g/mol. The van der Waals surface area contributed by atoms with Crippen LogP contribution in [0.3, 0.4) is 0 Å². The number of nitrogens with zero attached hydrogens (tertiary/aromatic N) is 5. The lowest BCUT2D eigenvalue weighted by molar-refractivity contribution is 0.0458. The standard InChI is InChI=1S/C28H28N6O6/c1-4-7-23-29-24(25(16(2)35)34(23)14-22-17(3)39-28(37)40-22)27(36)38-15-18-10-12-19(13-11-18)20-8-5-6-9-21(20)26-30-32-33-31-26/h5-6,8-13,16,35H,4,7,14-15H2,1-3H3,(H,30,31,32,33). The SMILES string of the molecule is CCCc1nc(C(=O)OCc2ccc(-c3ccccc3-c3nnn[nH]3)cc2)c(C(C)O)n1Cc1oc(=O)oc1C. The molecule has 0 aliphatic heterocycles. The van der Waals surface area contributed by atoms with E-state index in [0.29, 0.717) is 29.6 Å². The van der Waals surface area contributed by atoms with Gasteiger partial charge in [-0.15, -0.1) is 5.10 Å². The Balaban J connectivity index is 1.36. The fourth-order valence-electron chi connectivity index (χ4n) is 4.55. The monoisotopic (exact) mass is 544 g/mol. The largest absolute Gasteiger partial charge is 0.519 e. The molecule has 1 unspecified atom stereocenters. The molecule has 0 spiro atoms. The molecule has 5 aromatic rings. The third kappa shape index (κ3) is 5.47. The Morgan fingerprint density at radius 3 is 2.50 bits per heavy atom. The highest BCUT2D eigenvalue weighted by molar-refractivity contribution is 5.89. The van der Waals surface area contributed by atoms with Crippen LogP contribution in [0.2, 0.25) is 0 Å². The number of hydrogen-bond donors (Lipinski definition) is 2. The second-order valence-electron chi connectivity index (χ2n) is 9.28. The number of rotatable bonds is 10. The number of carbonyl (C=O) groups is 1. The molecule has 3 aromatic heterocycles. The fraction of sp³-hybridized carbons (Fsp3) is 0.286. The van der Waals surface area contributed by atoms with Crippen LogP contribution in [-0.4, -0.2) is 41.3 Å². The molecule has 0 saturated heterocycles. The molecule has 206 valence electrons. The van der Waals surface area contributed by atoms with Gasteiger partial charge in [0.05, 0.1) is 18.3 Å². The van der Waals surface area contributed by atoms with Crippen LogP contribution in [0.1, 0.15) is 65.5 Å². The maximum Gasteiger partial charge on any atom is 0.519 e. The van der Waals surface area contributed by atoms with Gasteiger partial charge < -0.3 is 23.2 Å². The molecule has 0 aliphatic rings. The van der Waals surface area contributed by atoms with Gasteiger partial charge in [-0.1, -0.05) is 55.5 Å². The predicted molar refractivity (Wildman–Crippen MR) is 142 cm³/mol. The highest BCUT2D eigenvalue weighted by Crippen LogP contribution is 2.30. The van der Waals surface area contributed by atoms with Gasteiger partial charge in [0, 0.05) is 12.0 Å². The van der Waals surface area contributed by atoms with E-state index in [4.69, 9.17) is 13.6 Å². The number of carbonyl (C=O) groups excluding carboxylic acids is 1. The molecule has 3 heterocycles. The first-order valence-electron chi connectivity index (χ1n) is 12.8. The minimum Gasteiger partial charge on any atom is -0.456 e. The number of aromatic nitrogens is 6. The van der Waals surface area contributed by atoms with E-state index in [-0.39, 0.29) is 24.5 Å². The second-order valence-corrected chi connectivity index (χ2v) is 9.28. The molecule has 0 bridgehead atoms. The molecule has 2 N–H and O–H groups in total. The molecule has 1 atom stereocenters. The van der Waals surface area contributed by atoms with Gasteiger partial charge in [0.2, 0.25) is 0 Å². The van der Waals surface area contributed by atoms with Crippen molar-refractivity contribution in [1.82, 2.24) is 30.2 Å². The molecule has 40 heavy (non-hydrogen) atoms. The summed E-state index contributed by atoms with van der Waals surface area (Å²) in [5, 5.41) is 24.7. The van der Waals surface area contributed by atoms with Crippen LogP contribution < -0.4 is 5.82 Å². The molecule has 2 aromatic carbocycles. The van der Waals surface area contributed by atoms with Crippen molar-refractivity contribution in [3.05, 3.63) is 93.4 Å². The van der Waals surface area contributed by atoms with Gasteiger partial charge in [0.25, 0.3) is 0 Å². The van der Waals surface area contributed by atoms with Crippen LogP contribution in [0.25, 0.3) is 22.5 Å². The van der Waals surface area contributed by atoms with Crippen molar-refractivity contribution in [2.24, 2.45) is 0 Å². The first-order chi connectivity index (χ1) is 19.4. The van der Waals surface area contributed by atoms with Gasteiger partial charge >= 0.3 is 11.8 Å². The quantitative estimate of drug-likeness (QED) is 0.246. The van der Waals surface area contributed by atoms with E-state index in [0.717, 1.165) is 28.7 Å². The van der Waals surface area contributed by atoms with E-state index in [9.17, 15) is 14.7 Å². The molecule has 0 aliphatic carbocycles.